The minimum absolute atomic E-state index is 0.250. The number of ether oxygens (including phenoxy) is 1. The molecule has 2 rings (SSSR count). The maximum absolute atomic E-state index is 11.4. The Hall–Kier alpha value is -1.41. The second-order valence-corrected chi connectivity index (χ2v) is 4.35. The summed E-state index contributed by atoms with van der Waals surface area (Å²) in [6.45, 7) is 4.86. The molecule has 4 N–H and O–H groups in total. The van der Waals surface area contributed by atoms with Gasteiger partial charge >= 0.3 is 0 Å². The van der Waals surface area contributed by atoms with Gasteiger partial charge in [0.25, 0.3) is 5.91 Å². The maximum Gasteiger partial charge on any atom is 0.253 e. The highest BCUT2D eigenvalue weighted by Gasteiger charge is 2.46. The normalized spacial score (nSPS) is 36.7. The Bertz CT molecular complexity index is 408. The Balaban J connectivity index is 2.22. The molecule has 0 radical (unpaired) electrons. The highest BCUT2D eigenvalue weighted by Crippen LogP contribution is 2.27. The van der Waals surface area contributed by atoms with Gasteiger partial charge in [0.1, 0.15) is 24.1 Å². The van der Waals surface area contributed by atoms with E-state index in [2.05, 4.69) is 11.9 Å². The van der Waals surface area contributed by atoms with Crippen molar-refractivity contribution in [2.24, 2.45) is 0 Å². The fraction of sp³-hybridized carbons (Fsp3) is 0.545. The lowest BCUT2D eigenvalue weighted by molar-refractivity contribution is -0.119. The molecule has 1 amide bonds. The van der Waals surface area contributed by atoms with Gasteiger partial charge in [-0.25, -0.2) is 0 Å². The number of aliphatic hydroxyl groups is 3. The summed E-state index contributed by atoms with van der Waals surface area (Å²) in [5, 5.41) is 31.1. The van der Waals surface area contributed by atoms with Crippen LogP contribution in [0.25, 0.3) is 0 Å². The largest absolute Gasteiger partial charge is 0.394 e. The summed E-state index contributed by atoms with van der Waals surface area (Å²) in [5.41, 5.74) is 0.431. The molecule has 1 saturated heterocycles. The first kappa shape index (κ1) is 13.0. The van der Waals surface area contributed by atoms with Crippen LogP contribution in [0, 0.1) is 0 Å². The van der Waals surface area contributed by atoms with Crippen LogP contribution in [0.4, 0.5) is 0 Å². The summed E-state index contributed by atoms with van der Waals surface area (Å²) in [6.07, 6.45) is -2.64. The fourth-order valence-electron chi connectivity index (χ4n) is 1.98. The molecule has 2 aliphatic rings. The van der Waals surface area contributed by atoms with Crippen molar-refractivity contribution in [3.8, 4) is 0 Å². The molecule has 4 unspecified atom stereocenters. The molecule has 0 aromatic carbocycles. The number of carbonyl (C=O) groups excluding carboxylic acids is 1. The molecule has 0 spiro atoms. The minimum Gasteiger partial charge on any atom is -0.394 e. The Kier molecular flexibility index (Phi) is 3.40. The molecule has 0 aromatic rings. The van der Waals surface area contributed by atoms with E-state index in [1.54, 1.807) is 6.92 Å². The van der Waals surface area contributed by atoms with Gasteiger partial charge in [-0.05, 0) is 6.92 Å². The van der Waals surface area contributed by atoms with Crippen LogP contribution in [0.1, 0.15) is 6.92 Å². The zero-order chi connectivity index (χ0) is 13.4. The van der Waals surface area contributed by atoms with E-state index in [-0.39, 0.29) is 11.7 Å². The molecular formula is C11H16N2O5. The Labute approximate surface area is 104 Å². The van der Waals surface area contributed by atoms with Gasteiger partial charge in [0.15, 0.2) is 6.23 Å². The van der Waals surface area contributed by atoms with Gasteiger partial charge in [-0.1, -0.05) is 6.58 Å². The summed E-state index contributed by atoms with van der Waals surface area (Å²) in [4.78, 5) is 12.8. The second kappa shape index (κ2) is 4.69. The number of nitrogens with zero attached hydrogens (tertiary/aromatic N) is 1. The molecule has 7 heteroatoms. The van der Waals surface area contributed by atoms with Crippen LogP contribution in [0.5, 0.6) is 0 Å². The predicted molar refractivity (Wildman–Crippen MR) is 60.6 cm³/mol. The van der Waals surface area contributed by atoms with Crippen molar-refractivity contribution in [1.29, 1.82) is 0 Å². The molecule has 0 aliphatic carbocycles. The topological polar surface area (TPSA) is 102 Å². The van der Waals surface area contributed by atoms with Crippen LogP contribution >= 0.6 is 0 Å². The van der Waals surface area contributed by atoms with E-state index in [0.717, 1.165) is 0 Å². The SMILES string of the molecule is C=C1NC(=O)C(C)=CN1C1OC(CO)C(O)C1O. The predicted octanol–water partition coefficient (Wildman–Crippen LogP) is -1.77. The zero-order valence-corrected chi connectivity index (χ0v) is 9.91. The van der Waals surface area contributed by atoms with Crippen molar-refractivity contribution in [2.75, 3.05) is 6.61 Å². The molecule has 2 heterocycles. The van der Waals surface area contributed by atoms with E-state index in [0.29, 0.717) is 5.57 Å². The van der Waals surface area contributed by atoms with Gasteiger partial charge in [-0.2, -0.15) is 0 Å². The smallest absolute Gasteiger partial charge is 0.253 e. The Morgan fingerprint density at radius 3 is 2.72 bits per heavy atom. The lowest BCUT2D eigenvalue weighted by atomic mass is 10.1. The van der Waals surface area contributed by atoms with Crippen LogP contribution < -0.4 is 5.32 Å². The number of aliphatic hydroxyl groups excluding tert-OH is 3. The van der Waals surface area contributed by atoms with Crippen molar-refractivity contribution in [3.05, 3.63) is 24.2 Å². The van der Waals surface area contributed by atoms with Crippen molar-refractivity contribution in [1.82, 2.24) is 10.2 Å². The molecule has 100 valence electrons. The molecule has 0 bridgehead atoms. The second-order valence-electron chi connectivity index (χ2n) is 4.35. The molecule has 2 aliphatic heterocycles. The fourth-order valence-corrected chi connectivity index (χ4v) is 1.98. The quantitative estimate of drug-likeness (QED) is 0.466. The monoisotopic (exact) mass is 256 g/mol. The first-order valence-electron chi connectivity index (χ1n) is 5.55. The third-order valence-electron chi connectivity index (χ3n) is 3.05. The van der Waals surface area contributed by atoms with Gasteiger partial charge in [0, 0.05) is 11.8 Å². The number of nitrogens with one attached hydrogen (secondary N) is 1. The van der Waals surface area contributed by atoms with Gasteiger partial charge in [0.05, 0.1) is 6.61 Å². The molecule has 0 saturated carbocycles. The average Bonchev–Trinajstić information content (AvgIpc) is 2.61. The summed E-state index contributed by atoms with van der Waals surface area (Å²) in [6, 6.07) is 0. The third kappa shape index (κ3) is 2.01. The number of rotatable bonds is 2. The summed E-state index contributed by atoms with van der Waals surface area (Å²) < 4.78 is 5.35. The lowest BCUT2D eigenvalue weighted by Gasteiger charge is -2.33. The molecule has 1 fully saturated rings. The highest BCUT2D eigenvalue weighted by atomic mass is 16.6. The van der Waals surface area contributed by atoms with E-state index in [1.165, 1.54) is 11.1 Å². The molecule has 18 heavy (non-hydrogen) atoms. The van der Waals surface area contributed by atoms with Gasteiger partial charge < -0.3 is 30.3 Å². The first-order valence-corrected chi connectivity index (χ1v) is 5.55. The standard InChI is InChI=1S/C11H16N2O5/c1-5-3-13(6(2)12-10(5)17)11-9(16)8(15)7(4-14)18-11/h3,7-9,11,14-16H,2,4H2,1H3,(H,12,17). The minimum atomic E-state index is -1.20. The van der Waals surface area contributed by atoms with E-state index in [9.17, 15) is 15.0 Å². The van der Waals surface area contributed by atoms with Crippen LogP contribution in [-0.2, 0) is 9.53 Å². The van der Waals surface area contributed by atoms with Crippen LogP contribution in [0.15, 0.2) is 24.2 Å². The first-order chi connectivity index (χ1) is 8.45. The number of hydrogen-bond donors (Lipinski definition) is 4. The molecular weight excluding hydrogens is 240 g/mol. The van der Waals surface area contributed by atoms with E-state index >= 15 is 0 Å². The maximum atomic E-state index is 11.4. The zero-order valence-electron chi connectivity index (χ0n) is 9.91. The van der Waals surface area contributed by atoms with Crippen molar-refractivity contribution in [3.63, 3.8) is 0 Å². The molecule has 7 nitrogen and oxygen atoms in total. The van der Waals surface area contributed by atoms with Crippen molar-refractivity contribution < 1.29 is 24.9 Å². The summed E-state index contributed by atoms with van der Waals surface area (Å²) in [7, 11) is 0. The van der Waals surface area contributed by atoms with Crippen molar-refractivity contribution in [2.45, 2.75) is 31.5 Å². The Morgan fingerprint density at radius 2 is 2.17 bits per heavy atom. The summed E-state index contributed by atoms with van der Waals surface area (Å²) >= 11 is 0. The van der Waals surface area contributed by atoms with Crippen LogP contribution in [0.2, 0.25) is 0 Å². The number of carbonyl (C=O) groups is 1. The molecule has 0 aromatic heterocycles. The van der Waals surface area contributed by atoms with Gasteiger partial charge in [-0.15, -0.1) is 0 Å². The third-order valence-corrected chi connectivity index (χ3v) is 3.05. The molecule has 4 atom stereocenters. The highest BCUT2D eigenvalue weighted by molar-refractivity contribution is 5.94. The number of amides is 1. The average molecular weight is 256 g/mol. The van der Waals surface area contributed by atoms with Crippen LogP contribution in [0.3, 0.4) is 0 Å². The van der Waals surface area contributed by atoms with Gasteiger partial charge in [0.2, 0.25) is 0 Å². The number of hydrogen-bond acceptors (Lipinski definition) is 6. The van der Waals surface area contributed by atoms with Crippen LogP contribution in [-0.4, -0.2) is 57.3 Å². The Morgan fingerprint density at radius 1 is 1.50 bits per heavy atom. The van der Waals surface area contributed by atoms with E-state index in [4.69, 9.17) is 9.84 Å². The lowest BCUT2D eigenvalue weighted by Crippen LogP contribution is -2.47. The van der Waals surface area contributed by atoms with E-state index in [1.807, 2.05) is 0 Å². The van der Waals surface area contributed by atoms with Crippen molar-refractivity contribution >= 4 is 5.91 Å². The van der Waals surface area contributed by atoms with E-state index < -0.39 is 31.1 Å². The van der Waals surface area contributed by atoms with Gasteiger partial charge in [-0.3, -0.25) is 4.79 Å². The summed E-state index contributed by atoms with van der Waals surface area (Å²) in [5.74, 6) is -0.0246.